The summed E-state index contributed by atoms with van der Waals surface area (Å²) in [6.07, 6.45) is 4.47. The molecule has 1 heterocycles. The summed E-state index contributed by atoms with van der Waals surface area (Å²) >= 11 is 0. The zero-order chi connectivity index (χ0) is 10.5. The smallest absolute Gasteiger partial charge is 0.115 e. The second-order valence-electron chi connectivity index (χ2n) is 3.51. The molecule has 15 heavy (non-hydrogen) atoms. The van der Waals surface area contributed by atoms with Gasteiger partial charge in [0.05, 0.1) is 5.69 Å². The number of hydrogen-bond acceptors (Lipinski definition) is 2. The highest BCUT2D eigenvalue weighted by molar-refractivity contribution is 5.27. The van der Waals surface area contributed by atoms with E-state index in [0.717, 1.165) is 12.1 Å². The molecule has 0 aliphatic carbocycles. The van der Waals surface area contributed by atoms with E-state index in [4.69, 9.17) is 0 Å². The second kappa shape index (κ2) is 4.69. The van der Waals surface area contributed by atoms with Crippen LogP contribution < -0.4 is 0 Å². The molecule has 1 atom stereocenters. The Labute approximate surface area is 90.0 Å². The first-order chi connectivity index (χ1) is 7.42. The van der Waals surface area contributed by atoms with Gasteiger partial charge in [0.15, 0.2) is 0 Å². The van der Waals surface area contributed by atoms with Crippen molar-refractivity contribution < 1.29 is 0 Å². The molecular weight excluding hydrogens is 184 g/mol. The molecule has 0 fully saturated rings. The maximum Gasteiger partial charge on any atom is 0.115 e. The van der Waals surface area contributed by atoms with Crippen LogP contribution in [-0.4, -0.2) is 9.97 Å². The largest absolute Gasteiger partial charge is 0.245 e. The zero-order valence-corrected chi connectivity index (χ0v) is 8.80. The number of rotatable bonds is 3. The molecule has 1 aromatic carbocycles. The van der Waals surface area contributed by atoms with E-state index >= 15 is 0 Å². The summed E-state index contributed by atoms with van der Waals surface area (Å²) in [6, 6.07) is 12.5. The summed E-state index contributed by atoms with van der Waals surface area (Å²) in [6.45, 7) is 2.18. The fraction of sp³-hybridized carbons (Fsp3) is 0.231. The fourth-order valence-electron chi connectivity index (χ4n) is 1.81. The van der Waals surface area contributed by atoms with Crippen molar-refractivity contribution in [2.75, 3.05) is 0 Å². The van der Waals surface area contributed by atoms with Gasteiger partial charge >= 0.3 is 0 Å². The van der Waals surface area contributed by atoms with Crippen LogP contribution in [0.2, 0.25) is 0 Å². The lowest BCUT2D eigenvalue weighted by Crippen LogP contribution is -2.01. The monoisotopic (exact) mass is 198 g/mol. The molecule has 1 aromatic heterocycles. The first-order valence-electron chi connectivity index (χ1n) is 5.22. The molecule has 0 aliphatic rings. The van der Waals surface area contributed by atoms with Crippen LogP contribution in [0.4, 0.5) is 0 Å². The van der Waals surface area contributed by atoms with E-state index < -0.39 is 0 Å². The van der Waals surface area contributed by atoms with Gasteiger partial charge in [-0.2, -0.15) is 0 Å². The fourth-order valence-corrected chi connectivity index (χ4v) is 1.81. The zero-order valence-electron chi connectivity index (χ0n) is 8.80. The molecule has 76 valence electrons. The molecule has 0 N–H and O–H groups in total. The molecule has 0 amide bonds. The van der Waals surface area contributed by atoms with Crippen LogP contribution >= 0.6 is 0 Å². The predicted octanol–water partition coefficient (Wildman–Crippen LogP) is 3.02. The van der Waals surface area contributed by atoms with Gasteiger partial charge in [-0.25, -0.2) is 9.97 Å². The molecule has 0 radical (unpaired) electrons. The highest BCUT2D eigenvalue weighted by Crippen LogP contribution is 2.25. The highest BCUT2D eigenvalue weighted by Gasteiger charge is 2.11. The van der Waals surface area contributed by atoms with Crippen LogP contribution in [-0.2, 0) is 0 Å². The average Bonchev–Trinajstić information content (AvgIpc) is 2.33. The predicted molar refractivity (Wildman–Crippen MR) is 60.6 cm³/mol. The Hall–Kier alpha value is -1.70. The molecule has 2 rings (SSSR count). The Morgan fingerprint density at radius 3 is 2.53 bits per heavy atom. The van der Waals surface area contributed by atoms with E-state index in [0.29, 0.717) is 5.92 Å². The lowest BCUT2D eigenvalue weighted by molar-refractivity contribution is 0.745. The van der Waals surface area contributed by atoms with Crippen LogP contribution in [0.25, 0.3) is 0 Å². The van der Waals surface area contributed by atoms with Gasteiger partial charge in [-0.3, -0.25) is 0 Å². The summed E-state index contributed by atoms with van der Waals surface area (Å²) in [5.74, 6) is 0.384. The van der Waals surface area contributed by atoms with Gasteiger partial charge in [-0.15, -0.1) is 0 Å². The third-order valence-electron chi connectivity index (χ3n) is 2.57. The molecule has 0 aliphatic heterocycles. The molecule has 1 unspecified atom stereocenters. The average molecular weight is 198 g/mol. The first kappa shape index (κ1) is 9.84. The van der Waals surface area contributed by atoms with E-state index in [9.17, 15) is 0 Å². The van der Waals surface area contributed by atoms with Crippen molar-refractivity contribution >= 4 is 0 Å². The van der Waals surface area contributed by atoms with E-state index in [-0.39, 0.29) is 0 Å². The maximum atomic E-state index is 4.32. The summed E-state index contributed by atoms with van der Waals surface area (Å²) < 4.78 is 0. The Morgan fingerprint density at radius 2 is 1.93 bits per heavy atom. The molecule has 0 saturated carbocycles. The topological polar surface area (TPSA) is 25.8 Å². The van der Waals surface area contributed by atoms with E-state index in [1.807, 2.05) is 12.1 Å². The molecule has 2 aromatic rings. The van der Waals surface area contributed by atoms with Crippen LogP contribution in [0.15, 0.2) is 48.9 Å². The van der Waals surface area contributed by atoms with Crippen LogP contribution in [0.3, 0.4) is 0 Å². The van der Waals surface area contributed by atoms with Crippen molar-refractivity contribution in [3.05, 3.63) is 60.2 Å². The van der Waals surface area contributed by atoms with Crippen molar-refractivity contribution in [2.24, 2.45) is 0 Å². The van der Waals surface area contributed by atoms with Crippen molar-refractivity contribution in [1.29, 1.82) is 0 Å². The van der Waals surface area contributed by atoms with Crippen molar-refractivity contribution in [2.45, 2.75) is 19.3 Å². The standard InChI is InChI=1S/C13H14N2/c1-2-12(11-6-4-3-5-7-11)13-8-9-14-10-15-13/h3-10,12H,2H2,1H3. The molecule has 2 nitrogen and oxygen atoms in total. The highest BCUT2D eigenvalue weighted by atomic mass is 14.8. The lowest BCUT2D eigenvalue weighted by Gasteiger charge is -2.13. The van der Waals surface area contributed by atoms with Crippen molar-refractivity contribution in [3.63, 3.8) is 0 Å². The SMILES string of the molecule is CCC(c1ccccc1)c1ccncn1. The maximum absolute atomic E-state index is 4.32. The Kier molecular flexibility index (Phi) is 3.08. The van der Waals surface area contributed by atoms with Gasteiger partial charge < -0.3 is 0 Å². The van der Waals surface area contributed by atoms with Crippen molar-refractivity contribution in [1.82, 2.24) is 9.97 Å². The van der Waals surface area contributed by atoms with E-state index in [1.54, 1.807) is 12.5 Å². The third kappa shape index (κ3) is 2.21. The minimum atomic E-state index is 0.384. The number of benzene rings is 1. The van der Waals surface area contributed by atoms with E-state index in [2.05, 4.69) is 41.2 Å². The number of hydrogen-bond donors (Lipinski definition) is 0. The van der Waals surface area contributed by atoms with Gasteiger partial charge in [0.1, 0.15) is 6.33 Å². The molecular formula is C13H14N2. The summed E-state index contributed by atoms with van der Waals surface area (Å²) in [5.41, 5.74) is 2.41. The quantitative estimate of drug-likeness (QED) is 0.757. The Bertz CT molecular complexity index is 358. The first-order valence-corrected chi connectivity index (χ1v) is 5.22. The summed E-state index contributed by atoms with van der Waals surface area (Å²) in [7, 11) is 0. The normalized spacial score (nSPS) is 12.3. The Morgan fingerprint density at radius 1 is 1.13 bits per heavy atom. The van der Waals surface area contributed by atoms with Crippen LogP contribution in [0.1, 0.15) is 30.5 Å². The summed E-state index contributed by atoms with van der Waals surface area (Å²) in [5, 5.41) is 0. The van der Waals surface area contributed by atoms with Crippen LogP contribution in [0.5, 0.6) is 0 Å². The van der Waals surface area contributed by atoms with Crippen molar-refractivity contribution in [3.8, 4) is 0 Å². The lowest BCUT2D eigenvalue weighted by atomic mass is 9.93. The van der Waals surface area contributed by atoms with Gasteiger partial charge in [-0.1, -0.05) is 37.3 Å². The van der Waals surface area contributed by atoms with E-state index in [1.165, 1.54) is 5.56 Å². The summed E-state index contributed by atoms with van der Waals surface area (Å²) in [4.78, 5) is 8.26. The molecule has 0 saturated heterocycles. The second-order valence-corrected chi connectivity index (χ2v) is 3.51. The minimum absolute atomic E-state index is 0.384. The van der Waals surface area contributed by atoms with Gasteiger partial charge in [0, 0.05) is 12.1 Å². The number of aromatic nitrogens is 2. The van der Waals surface area contributed by atoms with Crippen LogP contribution in [0, 0.1) is 0 Å². The van der Waals surface area contributed by atoms with Gasteiger partial charge in [0.2, 0.25) is 0 Å². The molecule has 0 bridgehead atoms. The van der Waals surface area contributed by atoms with Gasteiger partial charge in [0.25, 0.3) is 0 Å². The molecule has 0 spiro atoms. The minimum Gasteiger partial charge on any atom is -0.245 e. The molecule has 2 heteroatoms. The third-order valence-corrected chi connectivity index (χ3v) is 2.57. The number of nitrogens with zero attached hydrogens (tertiary/aromatic N) is 2. The van der Waals surface area contributed by atoms with Gasteiger partial charge in [-0.05, 0) is 18.1 Å². The Balaban J connectivity index is 2.34.